The maximum absolute atomic E-state index is 3.98. The summed E-state index contributed by atoms with van der Waals surface area (Å²) in [6, 6.07) is 4.46. The third-order valence-electron chi connectivity index (χ3n) is 1.98. The van der Waals surface area contributed by atoms with E-state index < -0.39 is 0 Å². The van der Waals surface area contributed by atoms with Crippen molar-refractivity contribution in [3.63, 3.8) is 0 Å². The summed E-state index contributed by atoms with van der Waals surface area (Å²) >= 11 is 0. The Morgan fingerprint density at radius 1 is 1.46 bits per heavy atom. The molecule has 0 fully saturated rings. The Hall–Kier alpha value is -1.15. The lowest BCUT2D eigenvalue weighted by molar-refractivity contribution is 0.616. The van der Waals surface area contributed by atoms with Crippen molar-refractivity contribution in [2.45, 2.75) is 19.9 Å². The first-order chi connectivity index (χ1) is 6.34. The lowest BCUT2D eigenvalue weighted by Crippen LogP contribution is -2.18. The van der Waals surface area contributed by atoms with Crippen LogP contribution in [0.4, 0.5) is 0 Å². The summed E-state index contributed by atoms with van der Waals surface area (Å²) in [5.41, 5.74) is 1.28. The lowest BCUT2D eigenvalue weighted by atomic mass is 10.1. The second-order valence-corrected chi connectivity index (χ2v) is 2.98. The third kappa shape index (κ3) is 3.38. The number of pyridine rings is 1. The van der Waals surface area contributed by atoms with Crippen LogP contribution in [-0.4, -0.2) is 11.5 Å². The van der Waals surface area contributed by atoms with E-state index in [4.69, 9.17) is 0 Å². The maximum atomic E-state index is 3.98. The van der Waals surface area contributed by atoms with Crippen LogP contribution in [0.15, 0.2) is 36.7 Å². The van der Waals surface area contributed by atoms with Gasteiger partial charge in [0.15, 0.2) is 0 Å². The molecule has 13 heavy (non-hydrogen) atoms. The number of aromatic nitrogens is 1. The normalized spacial score (nSPS) is 13.4. The monoisotopic (exact) mass is 176 g/mol. The van der Waals surface area contributed by atoms with Crippen LogP contribution in [0.3, 0.4) is 0 Å². The van der Waals surface area contributed by atoms with Crippen LogP contribution < -0.4 is 5.32 Å². The predicted octanol–water partition coefficient (Wildman–Crippen LogP) is 2.31. The zero-order valence-electron chi connectivity index (χ0n) is 8.20. The number of rotatable bonds is 4. The highest BCUT2D eigenvalue weighted by molar-refractivity contribution is 5.14. The summed E-state index contributed by atoms with van der Waals surface area (Å²) < 4.78 is 0. The molecule has 2 nitrogen and oxygen atoms in total. The predicted molar refractivity (Wildman–Crippen MR) is 55.5 cm³/mol. The van der Waals surface area contributed by atoms with Crippen LogP contribution >= 0.6 is 0 Å². The van der Waals surface area contributed by atoms with E-state index in [-0.39, 0.29) is 0 Å². The average molecular weight is 176 g/mol. The van der Waals surface area contributed by atoms with Crippen LogP contribution in [0.5, 0.6) is 0 Å². The van der Waals surface area contributed by atoms with Gasteiger partial charge in [0.25, 0.3) is 0 Å². The first-order valence-electron chi connectivity index (χ1n) is 4.59. The molecule has 70 valence electrons. The van der Waals surface area contributed by atoms with Crippen LogP contribution in [0, 0.1) is 0 Å². The standard InChI is InChI=1S/C11H16N2/c1-3-4-7-13-10(2)11-5-8-12-9-6-11/h3-6,8-10,13H,7H2,1-2H3/b4-3+/t10-/m1/s1. The molecular formula is C11H16N2. The fraction of sp³-hybridized carbons (Fsp3) is 0.364. The van der Waals surface area contributed by atoms with Crippen LogP contribution in [0.2, 0.25) is 0 Å². The van der Waals surface area contributed by atoms with Crippen molar-refractivity contribution in [1.29, 1.82) is 0 Å². The van der Waals surface area contributed by atoms with Crippen molar-refractivity contribution in [3.8, 4) is 0 Å². The molecule has 0 radical (unpaired) electrons. The van der Waals surface area contributed by atoms with E-state index in [9.17, 15) is 0 Å². The van der Waals surface area contributed by atoms with Gasteiger partial charge >= 0.3 is 0 Å². The minimum absolute atomic E-state index is 0.388. The number of hydrogen-bond donors (Lipinski definition) is 1. The van der Waals surface area contributed by atoms with Crippen molar-refractivity contribution in [1.82, 2.24) is 10.3 Å². The Labute approximate surface area is 79.7 Å². The van der Waals surface area contributed by atoms with Gasteiger partial charge in [-0.15, -0.1) is 0 Å². The van der Waals surface area contributed by atoms with Gasteiger partial charge in [0, 0.05) is 25.0 Å². The molecule has 0 saturated heterocycles. The molecule has 0 aliphatic rings. The molecule has 1 N–H and O–H groups in total. The molecule has 0 aliphatic heterocycles. The summed E-state index contributed by atoms with van der Waals surface area (Å²) in [6.45, 7) is 5.09. The van der Waals surface area contributed by atoms with Crippen molar-refractivity contribution < 1.29 is 0 Å². The summed E-state index contributed by atoms with van der Waals surface area (Å²) in [7, 11) is 0. The van der Waals surface area contributed by atoms with Crippen LogP contribution in [-0.2, 0) is 0 Å². The zero-order valence-corrected chi connectivity index (χ0v) is 8.20. The molecular weight excluding hydrogens is 160 g/mol. The molecule has 0 amide bonds. The van der Waals surface area contributed by atoms with Gasteiger partial charge in [-0.05, 0) is 31.5 Å². The highest BCUT2D eigenvalue weighted by Crippen LogP contribution is 2.09. The fourth-order valence-electron chi connectivity index (χ4n) is 1.13. The Bertz CT molecular complexity index is 254. The van der Waals surface area contributed by atoms with Gasteiger partial charge in [0.1, 0.15) is 0 Å². The fourth-order valence-corrected chi connectivity index (χ4v) is 1.13. The van der Waals surface area contributed by atoms with E-state index in [1.165, 1.54) is 5.56 Å². The number of allylic oxidation sites excluding steroid dienone is 1. The van der Waals surface area contributed by atoms with Gasteiger partial charge in [-0.2, -0.15) is 0 Å². The molecule has 0 spiro atoms. The topological polar surface area (TPSA) is 24.9 Å². The minimum Gasteiger partial charge on any atom is -0.307 e. The Balaban J connectivity index is 2.44. The molecule has 0 saturated carbocycles. The first kappa shape index (κ1) is 9.93. The second kappa shape index (κ2) is 5.49. The van der Waals surface area contributed by atoms with Crippen molar-refractivity contribution >= 4 is 0 Å². The Morgan fingerprint density at radius 2 is 2.15 bits per heavy atom. The van der Waals surface area contributed by atoms with E-state index in [1.54, 1.807) is 0 Å². The second-order valence-electron chi connectivity index (χ2n) is 2.98. The maximum Gasteiger partial charge on any atom is 0.0295 e. The average Bonchev–Trinajstić information content (AvgIpc) is 2.19. The quantitative estimate of drug-likeness (QED) is 0.712. The van der Waals surface area contributed by atoms with Gasteiger partial charge in [-0.25, -0.2) is 0 Å². The first-order valence-corrected chi connectivity index (χ1v) is 4.59. The molecule has 1 atom stereocenters. The van der Waals surface area contributed by atoms with Gasteiger partial charge in [-0.3, -0.25) is 4.98 Å². The highest BCUT2D eigenvalue weighted by Gasteiger charge is 2.00. The van der Waals surface area contributed by atoms with Crippen molar-refractivity contribution in [3.05, 3.63) is 42.2 Å². The van der Waals surface area contributed by atoms with Gasteiger partial charge < -0.3 is 5.32 Å². The van der Waals surface area contributed by atoms with E-state index >= 15 is 0 Å². The molecule has 0 aromatic carbocycles. The van der Waals surface area contributed by atoms with Crippen LogP contribution in [0.25, 0.3) is 0 Å². The lowest BCUT2D eigenvalue weighted by Gasteiger charge is -2.11. The SMILES string of the molecule is C/C=C/CN[C@H](C)c1ccncc1. The molecule has 1 rings (SSSR count). The molecule has 2 heteroatoms. The molecule has 1 heterocycles. The third-order valence-corrected chi connectivity index (χ3v) is 1.98. The van der Waals surface area contributed by atoms with Crippen molar-refractivity contribution in [2.75, 3.05) is 6.54 Å². The van der Waals surface area contributed by atoms with E-state index in [0.29, 0.717) is 6.04 Å². The van der Waals surface area contributed by atoms with Crippen LogP contribution in [0.1, 0.15) is 25.5 Å². The van der Waals surface area contributed by atoms with E-state index in [0.717, 1.165) is 6.54 Å². The summed E-state index contributed by atoms with van der Waals surface area (Å²) in [6.07, 6.45) is 7.80. The molecule has 0 bridgehead atoms. The van der Waals surface area contributed by atoms with Gasteiger partial charge in [0.05, 0.1) is 0 Å². The zero-order chi connectivity index (χ0) is 9.52. The number of nitrogens with zero attached hydrogens (tertiary/aromatic N) is 1. The minimum atomic E-state index is 0.388. The number of hydrogen-bond acceptors (Lipinski definition) is 2. The molecule has 1 aromatic heterocycles. The smallest absolute Gasteiger partial charge is 0.0295 e. The van der Waals surface area contributed by atoms with E-state index in [1.807, 2.05) is 37.5 Å². The Morgan fingerprint density at radius 3 is 2.77 bits per heavy atom. The largest absolute Gasteiger partial charge is 0.307 e. The molecule has 0 aliphatic carbocycles. The number of nitrogens with one attached hydrogen (secondary N) is 1. The summed E-state index contributed by atoms with van der Waals surface area (Å²) in [5.74, 6) is 0. The highest BCUT2D eigenvalue weighted by atomic mass is 14.9. The molecule has 0 unspecified atom stereocenters. The molecule has 1 aromatic rings. The van der Waals surface area contributed by atoms with Gasteiger partial charge in [-0.1, -0.05) is 12.2 Å². The Kier molecular flexibility index (Phi) is 4.19. The van der Waals surface area contributed by atoms with Crippen molar-refractivity contribution in [2.24, 2.45) is 0 Å². The van der Waals surface area contributed by atoms with E-state index in [2.05, 4.69) is 23.3 Å². The summed E-state index contributed by atoms with van der Waals surface area (Å²) in [4.78, 5) is 3.98. The van der Waals surface area contributed by atoms with Gasteiger partial charge in [0.2, 0.25) is 0 Å². The summed E-state index contributed by atoms with van der Waals surface area (Å²) in [5, 5.41) is 3.39.